The summed E-state index contributed by atoms with van der Waals surface area (Å²) in [6.07, 6.45) is 2.17. The van der Waals surface area contributed by atoms with Crippen molar-refractivity contribution in [1.82, 2.24) is 0 Å². The van der Waals surface area contributed by atoms with E-state index in [1.54, 1.807) is 7.11 Å². The van der Waals surface area contributed by atoms with Gasteiger partial charge in [0.15, 0.2) is 0 Å². The number of benzene rings is 1. The van der Waals surface area contributed by atoms with Gasteiger partial charge in [0.25, 0.3) is 0 Å². The van der Waals surface area contributed by atoms with Crippen molar-refractivity contribution in [3.05, 3.63) is 29.3 Å². The van der Waals surface area contributed by atoms with Crippen molar-refractivity contribution in [2.24, 2.45) is 11.7 Å². The third kappa shape index (κ3) is 4.16. The summed E-state index contributed by atoms with van der Waals surface area (Å²) in [6, 6.07) is 5.79. The fourth-order valence-electron chi connectivity index (χ4n) is 2.29. The van der Waals surface area contributed by atoms with Gasteiger partial charge in [-0.3, -0.25) is 0 Å². The summed E-state index contributed by atoms with van der Waals surface area (Å²) in [5.74, 6) is 1.31. The average molecular weight is 295 g/mol. The summed E-state index contributed by atoms with van der Waals surface area (Å²) < 4.78 is 16.4. The zero-order chi connectivity index (χ0) is 14.4. The fraction of sp³-hybridized carbons (Fsp3) is 0.533. The molecule has 1 aromatic rings. The Morgan fingerprint density at radius 2 is 2.15 bits per heavy atom. The molecular weight excluding hydrogens is 274 g/mol. The molecule has 110 valence electrons. The first-order chi connectivity index (χ1) is 9.70. The fourth-order valence-corrected chi connectivity index (χ4v) is 2.45. The van der Waals surface area contributed by atoms with Crippen molar-refractivity contribution in [3.63, 3.8) is 0 Å². The van der Waals surface area contributed by atoms with Crippen molar-refractivity contribution < 1.29 is 14.2 Å². The van der Waals surface area contributed by atoms with Gasteiger partial charge in [-0.15, -0.1) is 0 Å². The number of ether oxygens (including phenoxy) is 3. The molecular formula is C15H21NO3S. The first-order valence-corrected chi connectivity index (χ1v) is 7.23. The van der Waals surface area contributed by atoms with Gasteiger partial charge in [-0.25, -0.2) is 0 Å². The third-order valence-electron chi connectivity index (χ3n) is 3.49. The van der Waals surface area contributed by atoms with Gasteiger partial charge in [0.1, 0.15) is 10.7 Å². The SMILES string of the molecule is COc1cc(COCC2CCOCC2)ccc1C(N)=S. The quantitative estimate of drug-likeness (QED) is 0.816. The number of hydrogen-bond donors (Lipinski definition) is 1. The molecule has 20 heavy (non-hydrogen) atoms. The molecule has 1 aromatic carbocycles. The van der Waals surface area contributed by atoms with E-state index in [0.717, 1.165) is 43.8 Å². The highest BCUT2D eigenvalue weighted by Gasteiger charge is 2.14. The van der Waals surface area contributed by atoms with E-state index >= 15 is 0 Å². The molecule has 1 aliphatic heterocycles. The van der Waals surface area contributed by atoms with E-state index in [9.17, 15) is 0 Å². The highest BCUT2D eigenvalue weighted by atomic mass is 32.1. The molecule has 0 saturated carbocycles. The van der Waals surface area contributed by atoms with Gasteiger partial charge >= 0.3 is 0 Å². The van der Waals surface area contributed by atoms with Gasteiger partial charge in [-0.1, -0.05) is 18.3 Å². The highest BCUT2D eigenvalue weighted by Crippen LogP contribution is 2.21. The van der Waals surface area contributed by atoms with Gasteiger partial charge in [-0.2, -0.15) is 0 Å². The Kier molecular flexibility index (Phi) is 5.76. The van der Waals surface area contributed by atoms with Crippen LogP contribution in [-0.4, -0.2) is 31.9 Å². The molecule has 0 aliphatic carbocycles. The summed E-state index contributed by atoms with van der Waals surface area (Å²) >= 11 is 4.99. The molecule has 2 rings (SSSR count). The number of thiocarbonyl (C=S) groups is 1. The molecule has 0 unspecified atom stereocenters. The second kappa shape index (κ2) is 7.57. The first kappa shape index (κ1) is 15.2. The molecule has 1 heterocycles. The molecule has 4 nitrogen and oxygen atoms in total. The average Bonchev–Trinajstić information content (AvgIpc) is 2.48. The molecule has 0 aromatic heterocycles. The van der Waals surface area contributed by atoms with Gasteiger partial charge < -0.3 is 19.9 Å². The molecule has 1 saturated heterocycles. The van der Waals surface area contributed by atoms with Gasteiger partial charge in [0.05, 0.1) is 25.9 Å². The molecule has 1 aliphatic rings. The van der Waals surface area contributed by atoms with Crippen LogP contribution in [0.25, 0.3) is 0 Å². The lowest BCUT2D eigenvalue weighted by molar-refractivity contribution is 0.0157. The Labute approximate surface area is 125 Å². The van der Waals surface area contributed by atoms with Crippen LogP contribution in [0.1, 0.15) is 24.0 Å². The topological polar surface area (TPSA) is 53.7 Å². The van der Waals surface area contributed by atoms with Crippen LogP contribution < -0.4 is 10.5 Å². The predicted octanol–water partition coefficient (Wildman–Crippen LogP) is 2.27. The lowest BCUT2D eigenvalue weighted by atomic mass is 10.0. The third-order valence-corrected chi connectivity index (χ3v) is 3.71. The van der Waals surface area contributed by atoms with E-state index in [4.69, 9.17) is 32.2 Å². The monoisotopic (exact) mass is 295 g/mol. The number of rotatable bonds is 6. The number of nitrogens with two attached hydrogens (primary N) is 1. The molecule has 0 atom stereocenters. The maximum absolute atomic E-state index is 5.78. The molecule has 1 fully saturated rings. The maximum Gasteiger partial charge on any atom is 0.129 e. The molecule has 5 heteroatoms. The van der Waals surface area contributed by atoms with Gasteiger partial charge in [0, 0.05) is 13.2 Å². The minimum Gasteiger partial charge on any atom is -0.496 e. The summed E-state index contributed by atoms with van der Waals surface area (Å²) in [4.78, 5) is 0.344. The van der Waals surface area contributed by atoms with Crippen LogP contribution in [0.4, 0.5) is 0 Å². The van der Waals surface area contributed by atoms with Crippen LogP contribution in [0.15, 0.2) is 18.2 Å². The lowest BCUT2D eigenvalue weighted by Gasteiger charge is -2.21. The maximum atomic E-state index is 5.78. The van der Waals surface area contributed by atoms with Crippen molar-refractivity contribution in [2.75, 3.05) is 26.9 Å². The Balaban J connectivity index is 1.87. The molecule has 0 bridgehead atoms. The standard InChI is InChI=1S/C15H21NO3S/c1-17-14-8-12(2-3-13(14)15(16)20)10-19-9-11-4-6-18-7-5-11/h2-3,8,11H,4-7,9-10H2,1H3,(H2,16,20). The van der Waals surface area contributed by atoms with E-state index in [1.165, 1.54) is 0 Å². The summed E-state index contributed by atoms with van der Waals surface area (Å²) in [7, 11) is 1.61. The largest absolute Gasteiger partial charge is 0.496 e. The Bertz CT molecular complexity index is 458. The van der Waals surface area contributed by atoms with Gasteiger partial charge in [-0.05, 0) is 36.5 Å². The Morgan fingerprint density at radius 1 is 1.40 bits per heavy atom. The second-order valence-electron chi connectivity index (χ2n) is 4.97. The minimum absolute atomic E-state index is 0.344. The Hall–Kier alpha value is -1.17. The zero-order valence-electron chi connectivity index (χ0n) is 11.8. The number of hydrogen-bond acceptors (Lipinski definition) is 4. The van der Waals surface area contributed by atoms with Crippen LogP contribution >= 0.6 is 12.2 Å². The van der Waals surface area contributed by atoms with Crippen molar-refractivity contribution >= 4 is 17.2 Å². The van der Waals surface area contributed by atoms with E-state index < -0.39 is 0 Å². The molecule has 0 spiro atoms. The van der Waals surface area contributed by atoms with Crippen molar-refractivity contribution in [1.29, 1.82) is 0 Å². The lowest BCUT2D eigenvalue weighted by Crippen LogP contribution is -2.20. The summed E-state index contributed by atoms with van der Waals surface area (Å²) in [5, 5.41) is 0. The highest BCUT2D eigenvalue weighted by molar-refractivity contribution is 7.80. The van der Waals surface area contributed by atoms with Crippen LogP contribution in [0.5, 0.6) is 5.75 Å². The van der Waals surface area contributed by atoms with E-state index in [2.05, 4.69) is 0 Å². The van der Waals surface area contributed by atoms with Gasteiger partial charge in [0.2, 0.25) is 0 Å². The zero-order valence-corrected chi connectivity index (χ0v) is 12.6. The number of methoxy groups -OCH3 is 1. The first-order valence-electron chi connectivity index (χ1n) is 6.83. The molecule has 2 N–H and O–H groups in total. The minimum atomic E-state index is 0.344. The van der Waals surface area contributed by atoms with E-state index in [1.807, 2.05) is 18.2 Å². The molecule has 0 amide bonds. The van der Waals surface area contributed by atoms with Crippen molar-refractivity contribution in [3.8, 4) is 5.75 Å². The van der Waals surface area contributed by atoms with Crippen LogP contribution in [0.3, 0.4) is 0 Å². The predicted molar refractivity (Wildman–Crippen MR) is 82.1 cm³/mol. The van der Waals surface area contributed by atoms with Crippen LogP contribution in [-0.2, 0) is 16.1 Å². The van der Waals surface area contributed by atoms with Crippen molar-refractivity contribution in [2.45, 2.75) is 19.4 Å². The van der Waals surface area contributed by atoms with E-state index in [0.29, 0.717) is 23.3 Å². The summed E-state index contributed by atoms with van der Waals surface area (Å²) in [5.41, 5.74) is 7.47. The molecule has 0 radical (unpaired) electrons. The normalized spacial score (nSPS) is 16.1. The Morgan fingerprint density at radius 3 is 2.80 bits per heavy atom. The van der Waals surface area contributed by atoms with Crippen LogP contribution in [0, 0.1) is 5.92 Å². The summed E-state index contributed by atoms with van der Waals surface area (Å²) in [6.45, 7) is 3.06. The smallest absolute Gasteiger partial charge is 0.129 e. The van der Waals surface area contributed by atoms with E-state index in [-0.39, 0.29) is 0 Å². The van der Waals surface area contributed by atoms with Crippen LogP contribution in [0.2, 0.25) is 0 Å². The second-order valence-corrected chi connectivity index (χ2v) is 5.41.